The molecule has 7 nitrogen and oxygen atoms in total. The first-order valence-electron chi connectivity index (χ1n) is 5.90. The Bertz CT molecular complexity index is 709. The molecule has 0 saturated carbocycles. The van der Waals surface area contributed by atoms with Gasteiger partial charge in [-0.3, -0.25) is 9.59 Å². The minimum Gasteiger partial charge on any atom is -0.305 e. The molecule has 0 unspecified atom stereocenters. The van der Waals surface area contributed by atoms with Crippen molar-refractivity contribution < 1.29 is 27.4 Å². The van der Waals surface area contributed by atoms with Crippen LogP contribution in [-0.2, 0) is 16.0 Å². The third-order valence-corrected chi connectivity index (χ3v) is 2.45. The van der Waals surface area contributed by atoms with E-state index < -0.39 is 35.7 Å². The molecular weight excluding hydrogens is 305 g/mol. The van der Waals surface area contributed by atoms with E-state index in [4.69, 9.17) is 0 Å². The number of carbonyl (C=O) groups is 2. The van der Waals surface area contributed by atoms with Gasteiger partial charge in [0.05, 0.1) is 6.42 Å². The zero-order valence-corrected chi connectivity index (χ0v) is 11.1. The molecule has 2 N–H and O–H groups in total. The maximum atomic E-state index is 13.0. The molecule has 1 aromatic carbocycles. The monoisotopic (exact) mass is 314 g/mol. The fourth-order valence-corrected chi connectivity index (χ4v) is 1.59. The summed E-state index contributed by atoms with van der Waals surface area (Å²) in [6, 6.07) is 1.40. The molecule has 22 heavy (non-hydrogen) atoms. The average molecular weight is 314 g/mol. The highest BCUT2D eigenvalue weighted by atomic mass is 19.2. The van der Waals surface area contributed by atoms with Crippen molar-refractivity contribution >= 4 is 23.5 Å². The van der Waals surface area contributed by atoms with Crippen LogP contribution in [0.1, 0.15) is 12.5 Å². The predicted molar refractivity (Wildman–Crippen MR) is 67.3 cm³/mol. The van der Waals surface area contributed by atoms with Gasteiger partial charge in [0.1, 0.15) is 0 Å². The number of aromatic nitrogens is 2. The van der Waals surface area contributed by atoms with Gasteiger partial charge in [-0.15, -0.1) is 0 Å². The summed E-state index contributed by atoms with van der Waals surface area (Å²) < 4.78 is 43.2. The van der Waals surface area contributed by atoms with Crippen LogP contribution in [0.5, 0.6) is 0 Å². The Balaban J connectivity index is 2.08. The van der Waals surface area contributed by atoms with Gasteiger partial charge in [-0.2, -0.15) is 0 Å². The van der Waals surface area contributed by atoms with Gasteiger partial charge in [0, 0.05) is 6.92 Å². The number of amides is 2. The molecule has 0 fully saturated rings. The zero-order chi connectivity index (χ0) is 16.3. The van der Waals surface area contributed by atoms with E-state index in [1.54, 1.807) is 0 Å². The topological polar surface area (TPSA) is 97.1 Å². The first kappa shape index (κ1) is 15.5. The van der Waals surface area contributed by atoms with Crippen LogP contribution in [0.4, 0.5) is 24.8 Å². The number of hydrogen-bond acceptors (Lipinski definition) is 5. The van der Waals surface area contributed by atoms with E-state index in [0.29, 0.717) is 12.1 Å². The Labute approximate surface area is 121 Å². The second-order valence-electron chi connectivity index (χ2n) is 4.24. The van der Waals surface area contributed by atoms with Crippen LogP contribution in [0.15, 0.2) is 16.8 Å². The van der Waals surface area contributed by atoms with Gasteiger partial charge in [0.15, 0.2) is 17.5 Å². The first-order valence-corrected chi connectivity index (χ1v) is 5.90. The Kier molecular flexibility index (Phi) is 4.39. The van der Waals surface area contributed by atoms with Crippen molar-refractivity contribution in [1.29, 1.82) is 0 Å². The van der Waals surface area contributed by atoms with Crippen molar-refractivity contribution in [2.45, 2.75) is 13.3 Å². The fraction of sp³-hybridized carbons (Fsp3) is 0.167. The summed E-state index contributed by atoms with van der Waals surface area (Å²) in [5.41, 5.74) is -0.0774. The molecule has 1 aromatic heterocycles. The minimum atomic E-state index is -1.61. The summed E-state index contributed by atoms with van der Waals surface area (Å²) >= 11 is 0. The van der Waals surface area contributed by atoms with E-state index in [0.717, 1.165) is 0 Å². The van der Waals surface area contributed by atoms with Gasteiger partial charge in [0.2, 0.25) is 23.5 Å². The van der Waals surface area contributed by atoms with Crippen molar-refractivity contribution in [1.82, 2.24) is 10.3 Å². The van der Waals surface area contributed by atoms with Crippen LogP contribution in [0, 0.1) is 17.5 Å². The van der Waals surface area contributed by atoms with E-state index in [1.807, 2.05) is 0 Å². The highest BCUT2D eigenvalue weighted by Crippen LogP contribution is 2.17. The molecule has 0 spiro atoms. The Morgan fingerprint density at radius 2 is 1.64 bits per heavy atom. The Hall–Kier alpha value is -2.91. The first-order chi connectivity index (χ1) is 10.4. The molecule has 116 valence electrons. The molecule has 10 heteroatoms. The molecular formula is C12H9F3N4O3. The van der Waals surface area contributed by atoms with E-state index in [9.17, 15) is 22.8 Å². The van der Waals surface area contributed by atoms with Gasteiger partial charge in [0.25, 0.3) is 0 Å². The quantitative estimate of drug-likeness (QED) is 0.836. The molecule has 0 aliphatic carbocycles. The van der Waals surface area contributed by atoms with E-state index in [2.05, 4.69) is 25.6 Å². The third kappa shape index (κ3) is 3.59. The molecule has 0 saturated heterocycles. The van der Waals surface area contributed by atoms with Crippen LogP contribution in [0.2, 0.25) is 0 Å². The van der Waals surface area contributed by atoms with Gasteiger partial charge >= 0.3 is 0 Å². The summed E-state index contributed by atoms with van der Waals surface area (Å²) in [5, 5.41) is 11.2. The lowest BCUT2D eigenvalue weighted by molar-refractivity contribution is -0.116. The van der Waals surface area contributed by atoms with Gasteiger partial charge in [-0.05, 0) is 28.0 Å². The summed E-state index contributed by atoms with van der Waals surface area (Å²) in [4.78, 5) is 22.6. The summed E-state index contributed by atoms with van der Waals surface area (Å²) in [6.45, 7) is 1.21. The number of nitrogens with zero attached hydrogens (tertiary/aromatic N) is 2. The SMILES string of the molecule is CC(=O)Nc1nonc1NC(=O)Cc1cc(F)c(F)c(F)c1. The van der Waals surface area contributed by atoms with Crippen molar-refractivity contribution in [3.8, 4) is 0 Å². The van der Waals surface area contributed by atoms with E-state index >= 15 is 0 Å². The zero-order valence-electron chi connectivity index (χ0n) is 11.1. The van der Waals surface area contributed by atoms with Crippen molar-refractivity contribution in [2.75, 3.05) is 10.6 Å². The minimum absolute atomic E-state index is 0.0774. The molecule has 0 bridgehead atoms. The van der Waals surface area contributed by atoms with Crippen molar-refractivity contribution in [2.24, 2.45) is 0 Å². The summed E-state index contributed by atoms with van der Waals surface area (Å²) in [5.74, 6) is -5.87. The number of halogens is 3. The lowest BCUT2D eigenvalue weighted by atomic mass is 10.1. The van der Waals surface area contributed by atoms with E-state index in [1.165, 1.54) is 6.92 Å². The molecule has 2 amide bonds. The smallest absolute Gasteiger partial charge is 0.230 e. The average Bonchev–Trinajstić information content (AvgIpc) is 2.82. The Morgan fingerprint density at radius 1 is 1.09 bits per heavy atom. The normalized spacial score (nSPS) is 10.4. The second-order valence-corrected chi connectivity index (χ2v) is 4.24. The Morgan fingerprint density at radius 3 is 2.18 bits per heavy atom. The maximum absolute atomic E-state index is 13.0. The van der Waals surface area contributed by atoms with Gasteiger partial charge < -0.3 is 10.6 Å². The van der Waals surface area contributed by atoms with E-state index in [-0.39, 0.29) is 17.2 Å². The summed E-state index contributed by atoms with van der Waals surface area (Å²) in [7, 11) is 0. The van der Waals surface area contributed by atoms with Crippen LogP contribution < -0.4 is 10.6 Å². The highest BCUT2D eigenvalue weighted by molar-refractivity contribution is 5.96. The molecule has 0 aliphatic rings. The number of anilines is 2. The summed E-state index contributed by atoms with van der Waals surface area (Å²) in [6.07, 6.45) is -0.444. The lowest BCUT2D eigenvalue weighted by Gasteiger charge is -2.04. The number of hydrogen-bond donors (Lipinski definition) is 2. The van der Waals surface area contributed by atoms with Crippen LogP contribution >= 0.6 is 0 Å². The molecule has 2 aromatic rings. The highest BCUT2D eigenvalue weighted by Gasteiger charge is 2.16. The predicted octanol–water partition coefficient (Wildman–Crippen LogP) is 1.63. The fourth-order valence-electron chi connectivity index (χ4n) is 1.59. The van der Waals surface area contributed by atoms with Crippen LogP contribution in [-0.4, -0.2) is 22.1 Å². The molecule has 0 aliphatic heterocycles. The third-order valence-electron chi connectivity index (χ3n) is 2.45. The van der Waals surface area contributed by atoms with Gasteiger partial charge in [-0.25, -0.2) is 17.8 Å². The second kappa shape index (κ2) is 6.24. The molecule has 1 heterocycles. The molecule has 0 radical (unpaired) electrons. The lowest BCUT2D eigenvalue weighted by Crippen LogP contribution is -2.17. The maximum Gasteiger partial charge on any atom is 0.230 e. The number of benzene rings is 1. The van der Waals surface area contributed by atoms with Crippen molar-refractivity contribution in [3.63, 3.8) is 0 Å². The largest absolute Gasteiger partial charge is 0.305 e. The van der Waals surface area contributed by atoms with Crippen LogP contribution in [0.25, 0.3) is 0 Å². The van der Waals surface area contributed by atoms with Crippen LogP contribution in [0.3, 0.4) is 0 Å². The number of carbonyl (C=O) groups excluding carboxylic acids is 2. The number of nitrogens with one attached hydrogen (secondary N) is 2. The van der Waals surface area contributed by atoms with Gasteiger partial charge in [-0.1, -0.05) is 0 Å². The van der Waals surface area contributed by atoms with Crippen molar-refractivity contribution in [3.05, 3.63) is 35.1 Å². The standard InChI is InChI=1S/C12H9F3N4O3/c1-5(20)16-11-12(19-22-18-11)17-9(21)4-6-2-7(13)10(15)8(14)3-6/h2-3H,4H2,1H3,(H,16,18,20)(H,17,19,21). The number of rotatable bonds is 4. The molecule has 0 atom stereocenters. The molecule has 2 rings (SSSR count).